The highest BCUT2D eigenvalue weighted by Crippen LogP contribution is 2.51. The molecule has 0 fully saturated rings. The monoisotopic (exact) mass is 521 g/mol. The molecule has 0 N–H and O–H groups in total. The molecule has 0 aliphatic carbocycles. The molecule has 0 atom stereocenters. The number of hydrogen-bond donors (Lipinski definition) is 0. The van der Waals surface area contributed by atoms with Crippen LogP contribution in [0.15, 0.2) is 48.5 Å². The van der Waals surface area contributed by atoms with Gasteiger partial charge in [0.25, 0.3) is 20.2 Å². The van der Waals surface area contributed by atoms with Crippen LogP contribution in [0.3, 0.4) is 0 Å². The summed E-state index contributed by atoms with van der Waals surface area (Å²) in [5, 5.41) is 0. The van der Waals surface area contributed by atoms with E-state index in [-0.39, 0.29) is 37.8 Å². The van der Waals surface area contributed by atoms with E-state index in [0.29, 0.717) is 0 Å². The Morgan fingerprint density at radius 2 is 1.03 bits per heavy atom. The van der Waals surface area contributed by atoms with Gasteiger partial charge in [-0.25, -0.2) is 4.57 Å². The minimum absolute atomic E-state index is 0.213. The molecule has 2 aromatic carbocycles. The van der Waals surface area contributed by atoms with Gasteiger partial charge in [-0.2, -0.15) is 21.5 Å². The Morgan fingerprint density at radius 3 is 1.33 bits per heavy atom. The second kappa shape index (κ2) is 11.5. The molecule has 2 aromatic rings. The zero-order chi connectivity index (χ0) is 24.7. The number of benzene rings is 2. The van der Waals surface area contributed by atoms with Crippen molar-refractivity contribution in [3.8, 4) is 11.5 Å². The molecular formula is C20H28NO9PS2. The van der Waals surface area contributed by atoms with E-state index < -0.39 is 28.0 Å². The molecule has 33 heavy (non-hydrogen) atoms. The third-order valence-corrected chi connectivity index (χ3v) is 7.29. The maximum absolute atomic E-state index is 14.0. The minimum Gasteiger partial charge on any atom is -0.404 e. The van der Waals surface area contributed by atoms with Crippen LogP contribution in [0.25, 0.3) is 0 Å². The molecule has 0 saturated heterocycles. The van der Waals surface area contributed by atoms with Gasteiger partial charge in [0.2, 0.25) is 0 Å². The van der Waals surface area contributed by atoms with Crippen LogP contribution in [0.1, 0.15) is 11.1 Å². The Bertz CT molecular complexity index is 1080. The van der Waals surface area contributed by atoms with Crippen LogP contribution in [-0.2, 0) is 33.2 Å². The lowest BCUT2D eigenvalue weighted by molar-refractivity contribution is 0.210. The number of hydrogen-bond acceptors (Lipinski definition) is 9. The molecule has 2 rings (SSSR count). The molecule has 0 spiro atoms. The summed E-state index contributed by atoms with van der Waals surface area (Å²) in [6.45, 7) is 2.60. The highest BCUT2D eigenvalue weighted by atomic mass is 32.2. The molecule has 10 nitrogen and oxygen atoms in total. The smallest absolute Gasteiger partial charge is 0.404 e. The third kappa shape index (κ3) is 10.2. The third-order valence-electron chi connectivity index (χ3n) is 4.12. The van der Waals surface area contributed by atoms with Crippen molar-refractivity contribution in [3.05, 3.63) is 59.7 Å². The molecule has 0 aliphatic heterocycles. The highest BCUT2D eigenvalue weighted by molar-refractivity contribution is 7.86. The van der Waals surface area contributed by atoms with Gasteiger partial charge in [0.15, 0.2) is 0 Å². The average molecular weight is 522 g/mol. The standard InChI is InChI=1S/C20H28NO9PS2/c1-17-5-9-19(10-6-17)29-31(22,30-20-11-7-18(2)8-12-20)21(13-15-27-32(3,23)24)14-16-28-33(4,25)26/h5-12H,13-16H2,1-4H3. The minimum atomic E-state index is -4.18. The normalized spacial score (nSPS) is 12.6. The van der Waals surface area contributed by atoms with Crippen LogP contribution >= 0.6 is 7.75 Å². The summed E-state index contributed by atoms with van der Waals surface area (Å²) >= 11 is 0. The lowest BCUT2D eigenvalue weighted by Gasteiger charge is -2.30. The summed E-state index contributed by atoms with van der Waals surface area (Å²) in [5.74, 6) is 0.489. The molecule has 184 valence electrons. The first-order valence-corrected chi connectivity index (χ1v) is 15.0. The van der Waals surface area contributed by atoms with Gasteiger partial charge < -0.3 is 9.05 Å². The molecule has 0 amide bonds. The molecule has 0 radical (unpaired) electrons. The van der Waals surface area contributed by atoms with Gasteiger partial charge in [-0.1, -0.05) is 35.4 Å². The summed E-state index contributed by atoms with van der Waals surface area (Å²) in [4.78, 5) is 0. The van der Waals surface area contributed by atoms with Crippen molar-refractivity contribution in [3.63, 3.8) is 0 Å². The number of rotatable bonds is 13. The number of aryl methyl sites for hydroxylation is 2. The first-order chi connectivity index (χ1) is 15.3. The maximum Gasteiger partial charge on any atom is 0.515 e. The van der Waals surface area contributed by atoms with Crippen molar-refractivity contribution in [2.24, 2.45) is 0 Å². The molecule has 0 bridgehead atoms. The fourth-order valence-electron chi connectivity index (χ4n) is 2.54. The Morgan fingerprint density at radius 1 is 0.697 bits per heavy atom. The van der Waals surface area contributed by atoms with E-state index in [2.05, 4.69) is 0 Å². The van der Waals surface area contributed by atoms with Crippen molar-refractivity contribution in [2.45, 2.75) is 13.8 Å². The summed E-state index contributed by atoms with van der Waals surface area (Å²) in [5.41, 5.74) is 1.91. The van der Waals surface area contributed by atoms with Gasteiger partial charge in [-0.15, -0.1) is 0 Å². The molecule has 0 aliphatic rings. The van der Waals surface area contributed by atoms with Crippen molar-refractivity contribution < 1.29 is 38.8 Å². The van der Waals surface area contributed by atoms with Crippen molar-refractivity contribution >= 4 is 28.0 Å². The quantitative estimate of drug-likeness (QED) is 0.287. The second-order valence-corrected chi connectivity index (χ2v) is 12.4. The average Bonchev–Trinajstić information content (AvgIpc) is 2.68. The van der Waals surface area contributed by atoms with Gasteiger partial charge in [0.05, 0.1) is 25.7 Å². The van der Waals surface area contributed by atoms with Gasteiger partial charge in [-0.05, 0) is 38.1 Å². The van der Waals surface area contributed by atoms with Crippen LogP contribution in [0.2, 0.25) is 0 Å². The predicted octanol–water partition coefficient (Wildman–Crippen LogP) is 3.12. The van der Waals surface area contributed by atoms with Gasteiger partial charge >= 0.3 is 7.75 Å². The lowest BCUT2D eigenvalue weighted by atomic mass is 10.2. The molecule has 0 aromatic heterocycles. The van der Waals surface area contributed by atoms with Crippen molar-refractivity contribution in [1.29, 1.82) is 0 Å². The Labute approximate surface area is 195 Å². The van der Waals surface area contributed by atoms with Gasteiger partial charge in [-0.3, -0.25) is 8.37 Å². The van der Waals surface area contributed by atoms with Gasteiger partial charge in [0, 0.05) is 13.1 Å². The Balaban J connectivity index is 2.37. The fraction of sp³-hybridized carbons (Fsp3) is 0.400. The topological polar surface area (TPSA) is 126 Å². The predicted molar refractivity (Wildman–Crippen MR) is 124 cm³/mol. The lowest BCUT2D eigenvalue weighted by Crippen LogP contribution is -2.33. The fourth-order valence-corrected chi connectivity index (χ4v) is 5.00. The second-order valence-electron chi connectivity index (χ2n) is 7.28. The Kier molecular flexibility index (Phi) is 9.48. The van der Waals surface area contributed by atoms with Crippen LogP contribution in [0.4, 0.5) is 0 Å². The summed E-state index contributed by atoms with van der Waals surface area (Å²) in [6.07, 6.45) is 1.77. The maximum atomic E-state index is 14.0. The Hall–Kier alpha value is -1.95. The van der Waals surface area contributed by atoms with Crippen LogP contribution in [0.5, 0.6) is 11.5 Å². The zero-order valence-corrected chi connectivity index (χ0v) is 21.4. The number of nitrogens with zero attached hydrogens (tertiary/aromatic N) is 1. The van der Waals surface area contributed by atoms with E-state index >= 15 is 0 Å². The van der Waals surface area contributed by atoms with Crippen molar-refractivity contribution in [2.75, 3.05) is 38.8 Å². The highest BCUT2D eigenvalue weighted by Gasteiger charge is 2.37. The SMILES string of the molecule is Cc1ccc(OP(=O)(Oc2ccc(C)cc2)N(CCOS(C)(=O)=O)CCOS(C)(=O)=O)cc1. The molecule has 0 unspecified atom stereocenters. The van der Waals surface area contributed by atoms with Crippen molar-refractivity contribution in [1.82, 2.24) is 4.67 Å². The first-order valence-electron chi connectivity index (χ1n) is 9.83. The molecule has 0 heterocycles. The van der Waals surface area contributed by atoms with Gasteiger partial charge in [0.1, 0.15) is 11.5 Å². The van der Waals surface area contributed by atoms with Crippen LogP contribution in [0, 0.1) is 13.8 Å². The summed E-state index contributed by atoms with van der Waals surface area (Å²) in [7, 11) is -11.7. The molecule has 0 saturated carbocycles. The molecular weight excluding hydrogens is 493 g/mol. The van der Waals surface area contributed by atoms with Crippen LogP contribution in [-0.4, -0.2) is 60.3 Å². The summed E-state index contributed by atoms with van der Waals surface area (Å²) < 4.78 is 81.8. The zero-order valence-electron chi connectivity index (χ0n) is 18.8. The summed E-state index contributed by atoms with van der Waals surface area (Å²) in [6, 6.07) is 13.5. The van der Waals surface area contributed by atoms with E-state index in [1.165, 1.54) is 4.67 Å². The van der Waals surface area contributed by atoms with E-state index in [0.717, 1.165) is 23.6 Å². The van der Waals surface area contributed by atoms with E-state index in [4.69, 9.17) is 17.4 Å². The van der Waals surface area contributed by atoms with E-state index in [1.807, 2.05) is 13.8 Å². The molecule has 13 heteroatoms. The van der Waals surface area contributed by atoms with E-state index in [9.17, 15) is 21.4 Å². The largest absolute Gasteiger partial charge is 0.515 e. The first kappa shape index (κ1) is 27.3. The van der Waals surface area contributed by atoms with Crippen LogP contribution < -0.4 is 9.05 Å². The van der Waals surface area contributed by atoms with E-state index in [1.54, 1.807) is 48.5 Å².